The maximum absolute atomic E-state index is 11.6. The quantitative estimate of drug-likeness (QED) is 0.687. The topological polar surface area (TPSA) is 93.1 Å². The Morgan fingerprint density at radius 3 is 2.35 bits per heavy atom. The van der Waals surface area contributed by atoms with Gasteiger partial charge in [0.15, 0.2) is 0 Å². The molecule has 17 heavy (non-hydrogen) atoms. The van der Waals surface area contributed by atoms with Crippen molar-refractivity contribution >= 4 is 10.1 Å². The first-order valence-electron chi connectivity index (χ1n) is 4.82. The summed E-state index contributed by atoms with van der Waals surface area (Å²) in [4.78, 5) is -0.0385. The van der Waals surface area contributed by atoms with Gasteiger partial charge in [0.05, 0.1) is 25.2 Å². The molecule has 1 aromatic carbocycles. The van der Waals surface area contributed by atoms with Gasteiger partial charge in [-0.2, -0.15) is 8.42 Å². The summed E-state index contributed by atoms with van der Waals surface area (Å²) in [5, 5.41) is 17.5. The highest BCUT2D eigenvalue weighted by molar-refractivity contribution is 7.86. The van der Waals surface area contributed by atoms with Crippen LogP contribution in [0.2, 0.25) is 0 Å². The van der Waals surface area contributed by atoms with Crippen molar-refractivity contribution < 1.29 is 27.6 Å². The molecule has 0 spiro atoms. The summed E-state index contributed by atoms with van der Waals surface area (Å²) >= 11 is 0. The van der Waals surface area contributed by atoms with Gasteiger partial charge in [-0.15, -0.1) is 0 Å². The van der Waals surface area contributed by atoms with Crippen LogP contribution in [0.25, 0.3) is 0 Å². The molecule has 0 saturated carbocycles. The Morgan fingerprint density at radius 2 is 1.88 bits per heavy atom. The summed E-state index contributed by atoms with van der Waals surface area (Å²) in [5.41, 5.74) is 0. The van der Waals surface area contributed by atoms with E-state index in [1.807, 2.05) is 0 Å². The predicted octanol–water partition coefficient (Wildman–Crippen LogP) is -0.246. The fourth-order valence-corrected chi connectivity index (χ4v) is 1.97. The molecular weight excluding hydrogens is 248 g/mol. The average molecular weight is 262 g/mol. The van der Waals surface area contributed by atoms with Crippen molar-refractivity contribution in [2.45, 2.75) is 11.0 Å². The van der Waals surface area contributed by atoms with E-state index in [1.165, 1.54) is 31.4 Å². The van der Waals surface area contributed by atoms with Crippen LogP contribution < -0.4 is 4.74 Å². The van der Waals surface area contributed by atoms with Crippen LogP contribution in [0.3, 0.4) is 0 Å². The van der Waals surface area contributed by atoms with Gasteiger partial charge in [-0.1, -0.05) is 0 Å². The lowest BCUT2D eigenvalue weighted by Crippen LogP contribution is -2.22. The zero-order valence-electron chi connectivity index (χ0n) is 9.24. The molecule has 0 aliphatic rings. The van der Waals surface area contributed by atoms with E-state index in [-0.39, 0.29) is 4.90 Å². The summed E-state index contributed by atoms with van der Waals surface area (Å²) in [7, 11) is -2.45. The van der Waals surface area contributed by atoms with Crippen LogP contribution in [-0.4, -0.2) is 45.1 Å². The van der Waals surface area contributed by atoms with Crippen LogP contribution in [0.15, 0.2) is 29.2 Å². The van der Waals surface area contributed by atoms with Crippen molar-refractivity contribution in [3.8, 4) is 5.75 Å². The Morgan fingerprint density at radius 1 is 1.29 bits per heavy atom. The third kappa shape index (κ3) is 3.97. The van der Waals surface area contributed by atoms with Gasteiger partial charge in [0.1, 0.15) is 11.9 Å². The minimum atomic E-state index is -3.92. The molecule has 0 aliphatic heterocycles. The predicted molar refractivity (Wildman–Crippen MR) is 59.2 cm³/mol. The van der Waals surface area contributed by atoms with E-state index in [4.69, 9.17) is 14.9 Å². The molecule has 1 rings (SSSR count). The summed E-state index contributed by atoms with van der Waals surface area (Å²) < 4.78 is 32.6. The largest absolute Gasteiger partial charge is 0.497 e. The number of ether oxygens (including phenoxy) is 1. The van der Waals surface area contributed by atoms with Crippen molar-refractivity contribution in [2.24, 2.45) is 0 Å². The van der Waals surface area contributed by atoms with Crippen LogP contribution in [0.1, 0.15) is 0 Å². The van der Waals surface area contributed by atoms with Gasteiger partial charge in [-0.05, 0) is 24.3 Å². The van der Waals surface area contributed by atoms with Gasteiger partial charge in [0.25, 0.3) is 10.1 Å². The highest BCUT2D eigenvalue weighted by Gasteiger charge is 2.17. The van der Waals surface area contributed by atoms with Crippen molar-refractivity contribution in [3.05, 3.63) is 24.3 Å². The molecule has 0 amide bonds. The van der Waals surface area contributed by atoms with E-state index in [1.54, 1.807) is 0 Å². The number of hydrogen-bond acceptors (Lipinski definition) is 6. The Balaban J connectivity index is 2.75. The lowest BCUT2D eigenvalue weighted by molar-refractivity contribution is 0.0557. The smallest absolute Gasteiger partial charge is 0.297 e. The van der Waals surface area contributed by atoms with Gasteiger partial charge in [-0.3, -0.25) is 4.18 Å². The molecule has 0 aliphatic carbocycles. The lowest BCUT2D eigenvalue weighted by Gasteiger charge is -2.09. The van der Waals surface area contributed by atoms with Crippen LogP contribution in [0.5, 0.6) is 5.75 Å². The molecule has 0 aromatic heterocycles. The third-order valence-corrected chi connectivity index (χ3v) is 3.27. The van der Waals surface area contributed by atoms with E-state index in [9.17, 15) is 8.42 Å². The Kier molecular flexibility index (Phi) is 4.88. The molecule has 0 bridgehead atoms. The van der Waals surface area contributed by atoms with Crippen molar-refractivity contribution in [1.82, 2.24) is 0 Å². The normalized spacial score (nSPS) is 13.4. The number of methoxy groups -OCH3 is 1. The molecule has 0 saturated heterocycles. The first-order chi connectivity index (χ1) is 7.99. The third-order valence-electron chi connectivity index (χ3n) is 1.97. The Bertz CT molecular complexity index is 438. The molecule has 0 heterocycles. The lowest BCUT2D eigenvalue weighted by atomic mass is 10.3. The number of rotatable bonds is 6. The van der Waals surface area contributed by atoms with Gasteiger partial charge >= 0.3 is 0 Å². The molecule has 0 unspecified atom stereocenters. The Hall–Kier alpha value is -1.15. The first kappa shape index (κ1) is 13.9. The minimum absolute atomic E-state index is 0.0385. The maximum atomic E-state index is 11.6. The van der Waals surface area contributed by atoms with Gasteiger partial charge in [-0.25, -0.2) is 0 Å². The van der Waals surface area contributed by atoms with Crippen LogP contribution in [-0.2, 0) is 14.3 Å². The zero-order valence-corrected chi connectivity index (χ0v) is 10.1. The van der Waals surface area contributed by atoms with Crippen molar-refractivity contribution in [1.29, 1.82) is 0 Å². The monoisotopic (exact) mass is 262 g/mol. The van der Waals surface area contributed by atoms with E-state index < -0.39 is 29.4 Å². The van der Waals surface area contributed by atoms with Gasteiger partial charge in [0, 0.05) is 0 Å². The second kappa shape index (κ2) is 5.97. The van der Waals surface area contributed by atoms with E-state index in [0.29, 0.717) is 5.75 Å². The molecule has 0 radical (unpaired) electrons. The molecule has 0 fully saturated rings. The second-order valence-corrected chi connectivity index (χ2v) is 4.87. The van der Waals surface area contributed by atoms with Crippen molar-refractivity contribution in [2.75, 3.05) is 20.3 Å². The molecule has 96 valence electrons. The standard InChI is InChI=1S/C10H14O6S/c1-15-9-2-4-10(5-3-9)17(13,14)16-7-8(12)6-11/h2-5,8,11-12H,6-7H2,1H3/t8-/m1/s1. The molecule has 6 nitrogen and oxygen atoms in total. The van der Waals surface area contributed by atoms with Crippen LogP contribution in [0.4, 0.5) is 0 Å². The summed E-state index contributed by atoms with van der Waals surface area (Å²) in [6.07, 6.45) is -1.22. The zero-order chi connectivity index (χ0) is 12.9. The molecule has 1 atom stereocenters. The molecule has 1 aromatic rings. The summed E-state index contributed by atoms with van der Waals surface area (Å²) in [6.45, 7) is -1.04. The number of aliphatic hydroxyl groups is 2. The van der Waals surface area contributed by atoms with Crippen LogP contribution in [0, 0.1) is 0 Å². The summed E-state index contributed by atoms with van der Waals surface area (Å²) in [5.74, 6) is 0.527. The average Bonchev–Trinajstić information content (AvgIpc) is 2.36. The minimum Gasteiger partial charge on any atom is -0.497 e. The van der Waals surface area contributed by atoms with Gasteiger partial charge < -0.3 is 14.9 Å². The van der Waals surface area contributed by atoms with E-state index >= 15 is 0 Å². The number of benzene rings is 1. The van der Waals surface area contributed by atoms with Crippen molar-refractivity contribution in [3.63, 3.8) is 0 Å². The summed E-state index contributed by atoms with van der Waals surface area (Å²) in [6, 6.07) is 5.64. The van der Waals surface area contributed by atoms with E-state index in [0.717, 1.165) is 0 Å². The maximum Gasteiger partial charge on any atom is 0.297 e. The first-order valence-corrected chi connectivity index (χ1v) is 6.23. The second-order valence-electron chi connectivity index (χ2n) is 3.25. The SMILES string of the molecule is COc1ccc(S(=O)(=O)OC[C@H](O)CO)cc1. The van der Waals surface area contributed by atoms with Crippen LogP contribution >= 0.6 is 0 Å². The molecule has 2 N–H and O–H groups in total. The highest BCUT2D eigenvalue weighted by atomic mass is 32.2. The fraction of sp³-hybridized carbons (Fsp3) is 0.400. The highest BCUT2D eigenvalue weighted by Crippen LogP contribution is 2.17. The molecular formula is C10H14O6S. The van der Waals surface area contributed by atoms with E-state index in [2.05, 4.69) is 4.18 Å². The van der Waals surface area contributed by atoms with Gasteiger partial charge in [0.2, 0.25) is 0 Å². The Labute approximate surface area is 99.5 Å². The fourth-order valence-electron chi connectivity index (χ4n) is 1.03. The molecule has 7 heteroatoms. The number of hydrogen-bond donors (Lipinski definition) is 2. The number of aliphatic hydroxyl groups excluding tert-OH is 2.